The molecule has 0 amide bonds. The molecule has 4 heteroatoms. The van der Waals surface area contributed by atoms with Gasteiger partial charge >= 0.3 is 0 Å². The van der Waals surface area contributed by atoms with E-state index in [0.717, 1.165) is 35.2 Å². The van der Waals surface area contributed by atoms with Gasteiger partial charge in [0.2, 0.25) is 0 Å². The summed E-state index contributed by atoms with van der Waals surface area (Å²) in [7, 11) is 1.62. The summed E-state index contributed by atoms with van der Waals surface area (Å²) in [6.07, 6.45) is 0.958. The predicted octanol–water partition coefficient (Wildman–Crippen LogP) is 4.53. The van der Waals surface area contributed by atoms with Crippen LogP contribution in [0.4, 0.5) is 5.69 Å². The molecule has 0 aliphatic heterocycles. The number of benzene rings is 1. The summed E-state index contributed by atoms with van der Waals surface area (Å²) in [6, 6.07) is 5.94. The zero-order valence-electron chi connectivity index (χ0n) is 12.5. The first-order chi connectivity index (χ1) is 9.55. The van der Waals surface area contributed by atoms with Crippen molar-refractivity contribution >= 4 is 28.2 Å². The molecule has 1 N–H and O–H groups in total. The van der Waals surface area contributed by atoms with Crippen molar-refractivity contribution in [2.45, 2.75) is 27.2 Å². The standard InChI is InChI=1S/C16H21ClN2O/c1-5-18-14-7-11(6-10(2)3)19-15-9-16(20-4)13(17)8-12(14)15/h7-10H,5-6H2,1-4H3,(H,18,19). The van der Waals surface area contributed by atoms with E-state index in [9.17, 15) is 0 Å². The van der Waals surface area contributed by atoms with E-state index in [1.807, 2.05) is 12.1 Å². The molecule has 1 aromatic heterocycles. The van der Waals surface area contributed by atoms with Gasteiger partial charge in [-0.05, 0) is 31.4 Å². The number of aromatic nitrogens is 1. The van der Waals surface area contributed by atoms with E-state index >= 15 is 0 Å². The van der Waals surface area contributed by atoms with E-state index in [4.69, 9.17) is 21.3 Å². The normalized spacial score (nSPS) is 11.1. The third-order valence-electron chi connectivity index (χ3n) is 3.12. The van der Waals surface area contributed by atoms with Crippen LogP contribution >= 0.6 is 11.6 Å². The van der Waals surface area contributed by atoms with Crippen LogP contribution in [0.1, 0.15) is 26.5 Å². The number of fused-ring (bicyclic) bond motifs is 1. The predicted molar refractivity (Wildman–Crippen MR) is 86.0 cm³/mol. The van der Waals surface area contributed by atoms with Crippen LogP contribution in [0.3, 0.4) is 0 Å². The van der Waals surface area contributed by atoms with Gasteiger partial charge in [-0.3, -0.25) is 4.98 Å². The molecule has 0 saturated heterocycles. The van der Waals surface area contributed by atoms with Crippen LogP contribution in [-0.4, -0.2) is 18.6 Å². The number of ether oxygens (including phenoxy) is 1. The van der Waals surface area contributed by atoms with Crippen LogP contribution in [0.15, 0.2) is 18.2 Å². The summed E-state index contributed by atoms with van der Waals surface area (Å²) in [4.78, 5) is 4.73. The fourth-order valence-corrected chi connectivity index (χ4v) is 2.54. The number of anilines is 1. The lowest BCUT2D eigenvalue weighted by Crippen LogP contribution is -2.03. The Morgan fingerprint density at radius 2 is 2.05 bits per heavy atom. The molecule has 3 nitrogen and oxygen atoms in total. The third kappa shape index (κ3) is 3.15. The number of methoxy groups -OCH3 is 1. The molecule has 0 saturated carbocycles. The second kappa shape index (κ2) is 6.31. The molecule has 0 aliphatic rings. The Morgan fingerprint density at radius 3 is 2.65 bits per heavy atom. The van der Waals surface area contributed by atoms with Gasteiger partial charge in [-0.15, -0.1) is 0 Å². The zero-order valence-corrected chi connectivity index (χ0v) is 13.2. The number of hydrogen-bond acceptors (Lipinski definition) is 3. The maximum atomic E-state index is 6.22. The number of nitrogens with zero attached hydrogens (tertiary/aromatic N) is 1. The monoisotopic (exact) mass is 292 g/mol. The van der Waals surface area contributed by atoms with E-state index in [-0.39, 0.29) is 0 Å². The first-order valence-corrected chi connectivity index (χ1v) is 7.34. The zero-order chi connectivity index (χ0) is 14.7. The van der Waals surface area contributed by atoms with Crippen molar-refractivity contribution in [1.82, 2.24) is 4.98 Å². The fraction of sp³-hybridized carbons (Fsp3) is 0.438. The summed E-state index contributed by atoms with van der Waals surface area (Å²) >= 11 is 6.22. The van der Waals surface area contributed by atoms with Crippen LogP contribution < -0.4 is 10.1 Å². The Labute approximate surface area is 125 Å². The Hall–Kier alpha value is -1.48. The highest BCUT2D eigenvalue weighted by molar-refractivity contribution is 6.33. The molecule has 0 spiro atoms. The van der Waals surface area contributed by atoms with E-state index < -0.39 is 0 Å². The quantitative estimate of drug-likeness (QED) is 0.879. The lowest BCUT2D eigenvalue weighted by Gasteiger charge is -2.13. The molecule has 20 heavy (non-hydrogen) atoms. The van der Waals surface area contributed by atoms with Crippen LogP contribution in [0.2, 0.25) is 5.02 Å². The molecule has 1 heterocycles. The molecule has 1 aromatic carbocycles. The van der Waals surface area contributed by atoms with Crippen molar-refractivity contribution in [1.29, 1.82) is 0 Å². The minimum absolute atomic E-state index is 0.573. The average Bonchev–Trinajstić information content (AvgIpc) is 2.38. The highest BCUT2D eigenvalue weighted by Crippen LogP contribution is 2.33. The van der Waals surface area contributed by atoms with Crippen LogP contribution in [0.25, 0.3) is 10.9 Å². The second-order valence-electron chi connectivity index (χ2n) is 5.29. The summed E-state index contributed by atoms with van der Waals surface area (Å²) in [6.45, 7) is 7.34. The first-order valence-electron chi connectivity index (χ1n) is 6.96. The van der Waals surface area contributed by atoms with Crippen LogP contribution in [0, 0.1) is 5.92 Å². The second-order valence-corrected chi connectivity index (χ2v) is 5.70. The number of nitrogens with one attached hydrogen (secondary N) is 1. The van der Waals surface area contributed by atoms with E-state index in [1.54, 1.807) is 7.11 Å². The SMILES string of the molecule is CCNc1cc(CC(C)C)nc2cc(OC)c(Cl)cc12. The van der Waals surface area contributed by atoms with Crippen molar-refractivity contribution in [3.8, 4) is 5.75 Å². The maximum absolute atomic E-state index is 6.22. The van der Waals surface area contributed by atoms with E-state index in [0.29, 0.717) is 16.7 Å². The molecule has 0 aliphatic carbocycles. The van der Waals surface area contributed by atoms with Gasteiger partial charge in [0.1, 0.15) is 5.75 Å². The molecule has 0 atom stereocenters. The number of hydrogen-bond donors (Lipinski definition) is 1. The number of rotatable bonds is 5. The van der Waals surface area contributed by atoms with Gasteiger partial charge in [-0.1, -0.05) is 25.4 Å². The Morgan fingerprint density at radius 1 is 1.30 bits per heavy atom. The fourth-order valence-electron chi connectivity index (χ4n) is 2.30. The topological polar surface area (TPSA) is 34.2 Å². The van der Waals surface area contributed by atoms with Crippen molar-refractivity contribution in [2.24, 2.45) is 5.92 Å². The Balaban J connectivity index is 2.61. The third-order valence-corrected chi connectivity index (χ3v) is 3.42. The largest absolute Gasteiger partial charge is 0.495 e. The van der Waals surface area contributed by atoms with Crippen molar-refractivity contribution < 1.29 is 4.74 Å². The molecular weight excluding hydrogens is 272 g/mol. The maximum Gasteiger partial charge on any atom is 0.139 e. The summed E-state index contributed by atoms with van der Waals surface area (Å²) < 4.78 is 5.28. The highest BCUT2D eigenvalue weighted by atomic mass is 35.5. The van der Waals surface area contributed by atoms with Crippen molar-refractivity contribution in [3.05, 3.63) is 28.9 Å². The summed E-state index contributed by atoms with van der Waals surface area (Å²) in [5.74, 6) is 1.24. The molecule has 2 rings (SSSR count). The van der Waals surface area contributed by atoms with Crippen LogP contribution in [-0.2, 0) is 6.42 Å². The highest BCUT2D eigenvalue weighted by Gasteiger charge is 2.11. The minimum atomic E-state index is 0.573. The van der Waals surface area contributed by atoms with E-state index in [1.165, 1.54) is 0 Å². The molecule has 0 radical (unpaired) electrons. The van der Waals surface area contributed by atoms with Crippen molar-refractivity contribution in [2.75, 3.05) is 19.0 Å². The first kappa shape index (κ1) is 14.9. The van der Waals surface area contributed by atoms with Crippen LogP contribution in [0.5, 0.6) is 5.75 Å². The van der Waals surface area contributed by atoms with Gasteiger partial charge in [0, 0.05) is 29.4 Å². The number of halogens is 1. The lowest BCUT2D eigenvalue weighted by molar-refractivity contribution is 0.415. The minimum Gasteiger partial charge on any atom is -0.495 e. The Kier molecular flexibility index (Phi) is 4.71. The van der Waals surface area contributed by atoms with Crippen molar-refractivity contribution in [3.63, 3.8) is 0 Å². The Bertz CT molecular complexity index is 611. The summed E-state index contributed by atoms with van der Waals surface area (Å²) in [5.41, 5.74) is 3.09. The molecule has 0 fully saturated rings. The smallest absolute Gasteiger partial charge is 0.139 e. The molecular formula is C16H21ClN2O. The van der Waals surface area contributed by atoms with Gasteiger partial charge in [-0.25, -0.2) is 0 Å². The van der Waals surface area contributed by atoms with Gasteiger partial charge in [0.05, 0.1) is 17.6 Å². The van der Waals surface area contributed by atoms with Gasteiger partial charge in [0.15, 0.2) is 0 Å². The summed E-state index contributed by atoms with van der Waals surface area (Å²) in [5, 5.41) is 5.03. The van der Waals surface area contributed by atoms with Gasteiger partial charge in [0.25, 0.3) is 0 Å². The molecule has 2 aromatic rings. The van der Waals surface area contributed by atoms with Gasteiger partial charge < -0.3 is 10.1 Å². The number of pyridine rings is 1. The van der Waals surface area contributed by atoms with Gasteiger partial charge in [-0.2, -0.15) is 0 Å². The lowest BCUT2D eigenvalue weighted by atomic mass is 10.1. The molecule has 108 valence electrons. The molecule has 0 unspecified atom stereocenters. The van der Waals surface area contributed by atoms with E-state index in [2.05, 4.69) is 32.2 Å². The average molecular weight is 293 g/mol. The molecule has 0 bridgehead atoms.